The van der Waals surface area contributed by atoms with Crippen molar-refractivity contribution < 1.29 is 14.3 Å². The van der Waals surface area contributed by atoms with E-state index in [2.05, 4.69) is 77.4 Å². The molecule has 7 rings (SSSR count). The summed E-state index contributed by atoms with van der Waals surface area (Å²) in [5.41, 5.74) is 5.50. The Morgan fingerprint density at radius 1 is 1.02 bits per heavy atom. The molecule has 240 valence electrons. The number of nitrogens with zero attached hydrogens (tertiary/aromatic N) is 3. The fourth-order valence-corrected chi connectivity index (χ4v) is 8.25. The van der Waals surface area contributed by atoms with Gasteiger partial charge in [-0.1, -0.05) is 51.0 Å². The number of morpholine rings is 1. The Bertz CT molecular complexity index is 1700. The molecule has 2 saturated carbocycles. The Kier molecular flexibility index (Phi) is 8.09. The summed E-state index contributed by atoms with van der Waals surface area (Å²) in [4.78, 5) is 41.1. The van der Waals surface area contributed by atoms with Crippen molar-refractivity contribution in [3.05, 3.63) is 89.9 Å². The highest BCUT2D eigenvalue weighted by Crippen LogP contribution is 2.67. The minimum atomic E-state index is -0.916. The first kappa shape index (κ1) is 30.5. The largest absolute Gasteiger partial charge is 0.378 e. The van der Waals surface area contributed by atoms with E-state index < -0.39 is 5.54 Å². The monoisotopic (exact) mass is 619 g/mol. The smallest absolute Gasteiger partial charge is 0.250 e. The molecule has 2 aromatic carbocycles. The van der Waals surface area contributed by atoms with Crippen molar-refractivity contribution >= 4 is 34.1 Å². The first-order valence-corrected chi connectivity index (χ1v) is 16.8. The molecule has 3 aliphatic rings. The Labute approximate surface area is 271 Å². The van der Waals surface area contributed by atoms with Gasteiger partial charge in [0.05, 0.1) is 13.2 Å². The van der Waals surface area contributed by atoms with Crippen LogP contribution in [0.3, 0.4) is 0 Å². The first-order valence-electron chi connectivity index (χ1n) is 16.8. The van der Waals surface area contributed by atoms with Crippen LogP contribution in [0.15, 0.2) is 73.1 Å². The Hall–Kier alpha value is -4.17. The topological polar surface area (TPSA) is 90.6 Å². The molecule has 0 bridgehead atoms. The van der Waals surface area contributed by atoms with Gasteiger partial charge in [-0.3, -0.25) is 14.6 Å². The first-order chi connectivity index (χ1) is 22.3. The average molecular weight is 620 g/mol. The van der Waals surface area contributed by atoms with Crippen LogP contribution in [0.2, 0.25) is 0 Å². The van der Waals surface area contributed by atoms with Gasteiger partial charge in [-0.25, -0.2) is 0 Å². The quantitative estimate of drug-likeness (QED) is 0.215. The Morgan fingerprint density at radius 2 is 1.76 bits per heavy atom. The number of amides is 2. The number of para-hydroxylation sites is 1. The number of carbonyl (C=O) groups is 2. The van der Waals surface area contributed by atoms with Gasteiger partial charge in [0.1, 0.15) is 5.54 Å². The van der Waals surface area contributed by atoms with Crippen LogP contribution in [0.4, 0.5) is 11.4 Å². The van der Waals surface area contributed by atoms with Gasteiger partial charge in [0.15, 0.2) is 0 Å². The van der Waals surface area contributed by atoms with Crippen molar-refractivity contribution in [1.82, 2.24) is 14.9 Å². The van der Waals surface area contributed by atoms with Gasteiger partial charge in [-0.2, -0.15) is 0 Å². The van der Waals surface area contributed by atoms with Crippen LogP contribution >= 0.6 is 0 Å². The zero-order valence-electron chi connectivity index (χ0n) is 27.2. The van der Waals surface area contributed by atoms with Crippen molar-refractivity contribution in [3.8, 4) is 0 Å². The summed E-state index contributed by atoms with van der Waals surface area (Å²) in [6.45, 7) is 10.2. The van der Waals surface area contributed by atoms with Crippen molar-refractivity contribution in [2.75, 3.05) is 36.5 Å². The molecule has 3 fully saturated rings. The Balaban J connectivity index is 1.15. The van der Waals surface area contributed by atoms with Gasteiger partial charge in [0.2, 0.25) is 11.8 Å². The van der Waals surface area contributed by atoms with E-state index in [-0.39, 0.29) is 29.1 Å². The molecular formula is C38H45N5O3. The second-order valence-corrected chi connectivity index (χ2v) is 14.0. The molecule has 2 unspecified atom stereocenters. The third-order valence-corrected chi connectivity index (χ3v) is 10.9. The van der Waals surface area contributed by atoms with E-state index in [4.69, 9.17) is 4.74 Å². The maximum absolute atomic E-state index is 14.6. The molecule has 2 amide bonds. The number of H-pyrrole nitrogens is 1. The van der Waals surface area contributed by atoms with E-state index in [0.717, 1.165) is 61.6 Å². The van der Waals surface area contributed by atoms with Crippen molar-refractivity contribution in [2.45, 2.75) is 70.9 Å². The van der Waals surface area contributed by atoms with E-state index in [1.807, 2.05) is 35.4 Å². The lowest BCUT2D eigenvalue weighted by molar-refractivity contribution is -0.146. The molecule has 0 radical (unpaired) electrons. The van der Waals surface area contributed by atoms with Gasteiger partial charge in [0.25, 0.3) is 0 Å². The summed E-state index contributed by atoms with van der Waals surface area (Å²) in [5, 5.41) is 4.47. The highest BCUT2D eigenvalue weighted by atomic mass is 16.5. The number of carbonyl (C=O) groups excluding carboxylic acids is 2. The number of fused-ring (bicyclic) bond motifs is 1. The molecule has 2 atom stereocenters. The second kappa shape index (κ2) is 12.2. The second-order valence-electron chi connectivity index (χ2n) is 14.0. The number of rotatable bonds is 9. The van der Waals surface area contributed by atoms with Crippen LogP contribution in [-0.4, -0.2) is 58.5 Å². The zero-order valence-corrected chi connectivity index (χ0v) is 27.2. The molecule has 2 aliphatic carbocycles. The maximum Gasteiger partial charge on any atom is 0.250 e. The summed E-state index contributed by atoms with van der Waals surface area (Å²) >= 11 is 0. The number of pyridine rings is 1. The molecule has 8 nitrogen and oxygen atoms in total. The summed E-state index contributed by atoms with van der Waals surface area (Å²) in [6.07, 6.45) is 7.07. The van der Waals surface area contributed by atoms with E-state index in [0.29, 0.717) is 25.8 Å². The number of aryl methyl sites for hydroxylation is 1. The van der Waals surface area contributed by atoms with E-state index in [9.17, 15) is 9.59 Å². The third-order valence-electron chi connectivity index (χ3n) is 10.9. The van der Waals surface area contributed by atoms with Crippen LogP contribution in [0.25, 0.3) is 10.9 Å². The number of aromatic amines is 1. The molecule has 1 aliphatic heterocycles. The third kappa shape index (κ3) is 5.57. The summed E-state index contributed by atoms with van der Waals surface area (Å²) < 4.78 is 5.50. The number of hydrogen-bond donors (Lipinski definition) is 2. The van der Waals surface area contributed by atoms with Gasteiger partial charge >= 0.3 is 0 Å². The number of anilines is 2. The minimum absolute atomic E-state index is 0.0291. The van der Waals surface area contributed by atoms with Crippen LogP contribution in [0, 0.1) is 18.3 Å². The van der Waals surface area contributed by atoms with E-state index >= 15 is 0 Å². The minimum Gasteiger partial charge on any atom is -0.378 e. The van der Waals surface area contributed by atoms with Crippen molar-refractivity contribution in [1.29, 1.82) is 0 Å². The summed E-state index contributed by atoms with van der Waals surface area (Å²) in [5.74, 6) is 0.400. The van der Waals surface area contributed by atoms with Crippen LogP contribution in [0.5, 0.6) is 0 Å². The lowest BCUT2D eigenvalue weighted by atomic mass is 9.91. The number of hydrogen-bond acceptors (Lipinski definition) is 5. The number of benzene rings is 2. The fraction of sp³-hybridized carbons (Fsp3) is 0.447. The lowest BCUT2D eigenvalue weighted by Crippen LogP contribution is -2.57. The van der Waals surface area contributed by atoms with Crippen molar-refractivity contribution in [3.63, 3.8) is 0 Å². The Morgan fingerprint density at radius 3 is 2.48 bits per heavy atom. The van der Waals surface area contributed by atoms with Crippen molar-refractivity contribution in [2.24, 2.45) is 11.3 Å². The van der Waals surface area contributed by atoms with Gasteiger partial charge < -0.3 is 24.8 Å². The molecule has 2 aromatic heterocycles. The summed E-state index contributed by atoms with van der Waals surface area (Å²) in [7, 11) is 0. The SMILES string of the molecule is Cc1[nH]c2ccccc2c1C1C(CC(=O)N(Cc2cccnc2)C2(C(=O)Nc3ccc(N4CCOCC4)cc3)CCCC2)C1(C)C. The maximum atomic E-state index is 14.6. The standard InChI is InChI=1S/C38H45N5O3/c1-26-34(30-10-4-5-11-32(30)40-26)35-31(37(35,2)3)23-33(44)43(25-27-9-8-18-39-24-27)38(16-6-7-17-38)36(45)41-28-12-14-29(15-13-28)42-19-21-46-22-20-42/h4-5,8-15,18,24,31,35,40H,6-7,16-17,19-23,25H2,1-3H3,(H,41,45). The molecule has 2 N–H and O–H groups in total. The highest BCUT2D eigenvalue weighted by molar-refractivity contribution is 6.01. The van der Waals surface area contributed by atoms with Gasteiger partial charge in [-0.05, 0) is 84.5 Å². The molecule has 1 saturated heterocycles. The zero-order chi connectivity index (χ0) is 31.9. The number of aromatic nitrogens is 2. The molecule has 0 spiro atoms. The predicted molar refractivity (Wildman–Crippen MR) is 182 cm³/mol. The lowest BCUT2D eigenvalue weighted by Gasteiger charge is -2.40. The molecule has 3 heterocycles. The number of ether oxygens (including phenoxy) is 1. The molecular weight excluding hydrogens is 574 g/mol. The van der Waals surface area contributed by atoms with Crippen LogP contribution < -0.4 is 10.2 Å². The van der Waals surface area contributed by atoms with Gasteiger partial charge in [0, 0.05) is 66.4 Å². The van der Waals surface area contributed by atoms with Gasteiger partial charge in [-0.15, -0.1) is 0 Å². The highest BCUT2D eigenvalue weighted by Gasteiger charge is 2.60. The fourth-order valence-electron chi connectivity index (χ4n) is 8.25. The van der Waals surface area contributed by atoms with Crippen LogP contribution in [0.1, 0.15) is 68.7 Å². The molecule has 4 aromatic rings. The van der Waals surface area contributed by atoms with E-state index in [1.54, 1.807) is 6.20 Å². The predicted octanol–water partition coefficient (Wildman–Crippen LogP) is 6.82. The summed E-state index contributed by atoms with van der Waals surface area (Å²) in [6, 6.07) is 20.4. The molecule has 46 heavy (non-hydrogen) atoms. The number of nitrogens with one attached hydrogen (secondary N) is 2. The normalized spacial score (nSPS) is 21.7. The van der Waals surface area contributed by atoms with E-state index in [1.165, 1.54) is 16.6 Å². The van der Waals surface area contributed by atoms with Crippen LogP contribution in [-0.2, 0) is 20.9 Å². The molecule has 8 heteroatoms. The average Bonchev–Trinajstić information content (AvgIpc) is 3.42.